The smallest absolute Gasteiger partial charge is 0.0564 e. The summed E-state index contributed by atoms with van der Waals surface area (Å²) in [4.78, 5) is 2.41. The van der Waals surface area contributed by atoms with Gasteiger partial charge in [-0.2, -0.15) is 12.6 Å². The minimum atomic E-state index is -0.0396. The molecule has 0 amide bonds. The zero-order valence-electron chi connectivity index (χ0n) is 6.87. The fourth-order valence-electron chi connectivity index (χ4n) is 1.44. The quantitative estimate of drug-likeness (QED) is 0.619. The molecule has 1 rings (SSSR count). The van der Waals surface area contributed by atoms with Crippen molar-refractivity contribution in [1.82, 2.24) is 4.90 Å². The van der Waals surface area contributed by atoms with Crippen LogP contribution in [0.5, 0.6) is 0 Å². The maximum Gasteiger partial charge on any atom is 0.0564 e. The molecule has 0 saturated carbocycles. The first-order valence-corrected chi connectivity index (χ1v) is 4.97. The van der Waals surface area contributed by atoms with E-state index < -0.39 is 0 Å². The Balaban J connectivity index is 2.07. The third kappa shape index (κ3) is 3.45. The lowest BCUT2D eigenvalue weighted by Crippen LogP contribution is -2.36. The van der Waals surface area contributed by atoms with Gasteiger partial charge in [0.25, 0.3) is 0 Å². The lowest BCUT2D eigenvalue weighted by Gasteiger charge is -2.29. The molecule has 66 valence electrons. The molecular formula is C8H17NOS. The highest BCUT2D eigenvalue weighted by atomic mass is 32.1. The molecule has 3 heteroatoms. The van der Waals surface area contributed by atoms with Crippen LogP contribution in [0.25, 0.3) is 0 Å². The van der Waals surface area contributed by atoms with E-state index in [4.69, 9.17) is 0 Å². The van der Waals surface area contributed by atoms with Gasteiger partial charge in [0.2, 0.25) is 0 Å². The zero-order valence-corrected chi connectivity index (χ0v) is 7.76. The first kappa shape index (κ1) is 9.36. The van der Waals surface area contributed by atoms with Crippen molar-refractivity contribution in [2.75, 3.05) is 25.4 Å². The molecule has 1 N–H and O–H groups in total. The monoisotopic (exact) mass is 175 g/mol. The molecule has 0 bridgehead atoms. The second-order valence-corrected chi connectivity index (χ2v) is 3.60. The average molecular weight is 175 g/mol. The minimum absolute atomic E-state index is 0.0396. The van der Waals surface area contributed by atoms with Gasteiger partial charge in [-0.15, -0.1) is 0 Å². The fraction of sp³-hybridized carbons (Fsp3) is 1.00. The van der Waals surface area contributed by atoms with Crippen LogP contribution < -0.4 is 0 Å². The number of aliphatic hydroxyl groups is 1. The molecule has 1 saturated heterocycles. The first-order chi connectivity index (χ1) is 5.33. The normalized spacial score (nSPS) is 22.4. The Hall–Kier alpha value is 0.270. The third-order valence-electron chi connectivity index (χ3n) is 2.19. The van der Waals surface area contributed by atoms with Gasteiger partial charge in [-0.3, -0.25) is 0 Å². The maximum atomic E-state index is 9.21. The number of rotatable bonds is 3. The Morgan fingerprint density at radius 1 is 1.36 bits per heavy atom. The first-order valence-electron chi connectivity index (χ1n) is 4.34. The molecular weight excluding hydrogens is 158 g/mol. The molecule has 1 aliphatic heterocycles. The van der Waals surface area contributed by atoms with Crippen LogP contribution in [0, 0.1) is 0 Å². The summed E-state index contributed by atoms with van der Waals surface area (Å²) in [7, 11) is 0. The maximum absolute atomic E-state index is 9.21. The van der Waals surface area contributed by atoms with Crippen LogP contribution in [0.2, 0.25) is 0 Å². The van der Waals surface area contributed by atoms with Gasteiger partial charge >= 0.3 is 0 Å². The molecule has 1 heterocycles. The molecule has 0 radical (unpaired) electrons. The number of hydrogen-bond acceptors (Lipinski definition) is 3. The van der Waals surface area contributed by atoms with Crippen molar-refractivity contribution in [1.29, 1.82) is 0 Å². The molecule has 0 aromatic carbocycles. The second-order valence-electron chi connectivity index (χ2n) is 3.15. The largest absolute Gasteiger partial charge is 0.393 e. The van der Waals surface area contributed by atoms with Crippen molar-refractivity contribution in [2.45, 2.75) is 25.4 Å². The number of likely N-dealkylation sites (tertiary alicyclic amines) is 1. The van der Waals surface area contributed by atoms with Gasteiger partial charge in [0.15, 0.2) is 0 Å². The molecule has 0 aromatic heterocycles. The van der Waals surface area contributed by atoms with Gasteiger partial charge in [-0.05, 0) is 31.6 Å². The standard InChI is InChI=1S/C8H17NOS/c10-8-2-5-9(6-3-8)4-1-7-11/h8,10-11H,1-7H2. The number of hydrogen-bond donors (Lipinski definition) is 2. The van der Waals surface area contributed by atoms with E-state index >= 15 is 0 Å². The van der Waals surface area contributed by atoms with Gasteiger partial charge in [0.05, 0.1) is 6.10 Å². The molecule has 0 unspecified atom stereocenters. The van der Waals surface area contributed by atoms with Crippen molar-refractivity contribution in [2.24, 2.45) is 0 Å². The van der Waals surface area contributed by atoms with E-state index in [1.807, 2.05) is 0 Å². The number of piperidine rings is 1. The van der Waals surface area contributed by atoms with Gasteiger partial charge in [0.1, 0.15) is 0 Å². The average Bonchev–Trinajstić information content (AvgIpc) is 2.04. The van der Waals surface area contributed by atoms with Gasteiger partial charge in [-0.25, -0.2) is 0 Å². The van der Waals surface area contributed by atoms with Crippen LogP contribution in [0.4, 0.5) is 0 Å². The predicted molar refractivity (Wildman–Crippen MR) is 50.2 cm³/mol. The summed E-state index contributed by atoms with van der Waals surface area (Å²) in [5.74, 6) is 0.971. The summed E-state index contributed by atoms with van der Waals surface area (Å²) in [6.07, 6.45) is 3.03. The van der Waals surface area contributed by atoms with E-state index in [0.717, 1.165) is 38.2 Å². The fourth-order valence-corrected chi connectivity index (χ4v) is 1.58. The molecule has 0 spiro atoms. The predicted octanol–water partition coefficient (Wildman–Crippen LogP) is 0.763. The summed E-state index contributed by atoms with van der Waals surface area (Å²) in [6, 6.07) is 0. The lowest BCUT2D eigenvalue weighted by molar-refractivity contribution is 0.0828. The second kappa shape index (κ2) is 5.01. The molecule has 1 aliphatic rings. The van der Waals surface area contributed by atoms with E-state index in [-0.39, 0.29) is 6.10 Å². The van der Waals surface area contributed by atoms with Crippen molar-refractivity contribution in [3.63, 3.8) is 0 Å². The summed E-state index contributed by atoms with van der Waals surface area (Å²) >= 11 is 4.16. The van der Waals surface area contributed by atoms with Crippen LogP contribution in [0.3, 0.4) is 0 Å². The SMILES string of the molecule is OC1CCN(CCCS)CC1. The van der Waals surface area contributed by atoms with Gasteiger partial charge < -0.3 is 10.0 Å². The third-order valence-corrected chi connectivity index (χ3v) is 2.51. The Bertz CT molecular complexity index is 99.5. The Labute approximate surface area is 74.0 Å². The van der Waals surface area contributed by atoms with E-state index in [1.54, 1.807) is 0 Å². The van der Waals surface area contributed by atoms with Gasteiger partial charge in [-0.1, -0.05) is 0 Å². The summed E-state index contributed by atoms with van der Waals surface area (Å²) in [5, 5.41) is 9.21. The van der Waals surface area contributed by atoms with Crippen LogP contribution >= 0.6 is 12.6 Å². The Kier molecular flexibility index (Phi) is 4.26. The molecule has 11 heavy (non-hydrogen) atoms. The van der Waals surface area contributed by atoms with E-state index in [9.17, 15) is 5.11 Å². The topological polar surface area (TPSA) is 23.5 Å². The Morgan fingerprint density at radius 2 is 2.00 bits per heavy atom. The van der Waals surface area contributed by atoms with E-state index in [0.29, 0.717) is 0 Å². The zero-order chi connectivity index (χ0) is 8.10. The number of thiol groups is 1. The molecule has 0 aromatic rings. The van der Waals surface area contributed by atoms with E-state index in [1.165, 1.54) is 6.42 Å². The van der Waals surface area contributed by atoms with Crippen LogP contribution in [0.15, 0.2) is 0 Å². The summed E-state index contributed by atoms with van der Waals surface area (Å²) in [5.41, 5.74) is 0. The lowest BCUT2D eigenvalue weighted by atomic mass is 10.1. The van der Waals surface area contributed by atoms with Crippen LogP contribution in [-0.4, -0.2) is 41.5 Å². The van der Waals surface area contributed by atoms with Crippen molar-refractivity contribution >= 4 is 12.6 Å². The highest BCUT2D eigenvalue weighted by Gasteiger charge is 2.15. The van der Waals surface area contributed by atoms with Crippen molar-refractivity contribution in [3.05, 3.63) is 0 Å². The Morgan fingerprint density at radius 3 is 2.55 bits per heavy atom. The summed E-state index contributed by atoms with van der Waals surface area (Å²) in [6.45, 7) is 3.28. The minimum Gasteiger partial charge on any atom is -0.393 e. The van der Waals surface area contributed by atoms with Gasteiger partial charge in [0, 0.05) is 13.1 Å². The van der Waals surface area contributed by atoms with Crippen LogP contribution in [0.1, 0.15) is 19.3 Å². The van der Waals surface area contributed by atoms with Crippen LogP contribution in [-0.2, 0) is 0 Å². The molecule has 0 atom stereocenters. The molecule has 1 fully saturated rings. The summed E-state index contributed by atoms with van der Waals surface area (Å²) < 4.78 is 0. The number of nitrogens with zero attached hydrogens (tertiary/aromatic N) is 1. The van der Waals surface area contributed by atoms with Crippen molar-refractivity contribution < 1.29 is 5.11 Å². The molecule has 0 aliphatic carbocycles. The highest BCUT2D eigenvalue weighted by molar-refractivity contribution is 7.80. The molecule has 2 nitrogen and oxygen atoms in total. The number of aliphatic hydroxyl groups excluding tert-OH is 1. The highest BCUT2D eigenvalue weighted by Crippen LogP contribution is 2.09. The van der Waals surface area contributed by atoms with E-state index in [2.05, 4.69) is 17.5 Å². The van der Waals surface area contributed by atoms with Crippen molar-refractivity contribution in [3.8, 4) is 0 Å².